The third kappa shape index (κ3) is 6.52. The highest BCUT2D eigenvalue weighted by molar-refractivity contribution is 7.22. The van der Waals surface area contributed by atoms with Gasteiger partial charge in [0.1, 0.15) is 5.75 Å². The molecule has 2 saturated heterocycles. The number of hydrogen-bond donors (Lipinski definition) is 1. The summed E-state index contributed by atoms with van der Waals surface area (Å²) in [7, 11) is 1.78. The third-order valence-electron chi connectivity index (χ3n) is 8.79. The van der Waals surface area contributed by atoms with E-state index in [4.69, 9.17) is 9.47 Å². The molecule has 1 aromatic heterocycles. The number of aliphatic hydroxyl groups excluding tert-OH is 1. The van der Waals surface area contributed by atoms with Gasteiger partial charge in [0.15, 0.2) is 0 Å². The first-order valence-corrected chi connectivity index (χ1v) is 15.8. The Balaban J connectivity index is 1.24. The number of aliphatic hydroxyl groups is 1. The Morgan fingerprint density at radius 2 is 1.78 bits per heavy atom. The second-order valence-electron chi connectivity index (χ2n) is 11.6. The molecular formula is C35H42N2O3S. The minimum absolute atomic E-state index is 0.273. The lowest BCUT2D eigenvalue weighted by molar-refractivity contribution is 0.0339. The lowest BCUT2D eigenvalue weighted by Crippen LogP contribution is -2.35. The zero-order valence-electron chi connectivity index (χ0n) is 24.4. The van der Waals surface area contributed by atoms with E-state index in [1.54, 1.807) is 7.11 Å². The maximum Gasteiger partial charge on any atom is 0.123 e. The summed E-state index contributed by atoms with van der Waals surface area (Å²) in [4.78, 5) is 6.24. The predicted octanol–water partition coefficient (Wildman–Crippen LogP) is 6.31. The van der Waals surface area contributed by atoms with Gasteiger partial charge < -0.3 is 14.6 Å². The van der Waals surface area contributed by atoms with Crippen LogP contribution >= 0.6 is 11.3 Å². The molecule has 0 bridgehead atoms. The van der Waals surface area contributed by atoms with Crippen molar-refractivity contribution in [2.24, 2.45) is 0 Å². The second-order valence-corrected chi connectivity index (χ2v) is 12.6. The number of ether oxygens (including phenoxy) is 2. The van der Waals surface area contributed by atoms with Crippen LogP contribution in [-0.2, 0) is 24.1 Å². The Bertz CT molecular complexity index is 1460. The lowest BCUT2D eigenvalue weighted by Gasteiger charge is -2.27. The zero-order chi connectivity index (χ0) is 28.2. The number of aryl methyl sites for hydroxylation is 1. The molecule has 0 saturated carbocycles. The Hall–Kier alpha value is -2.74. The van der Waals surface area contributed by atoms with Crippen LogP contribution in [0.25, 0.3) is 20.5 Å². The number of likely N-dealkylation sites (tertiary alicyclic amines) is 1. The van der Waals surface area contributed by atoms with E-state index in [1.165, 1.54) is 54.8 Å². The summed E-state index contributed by atoms with van der Waals surface area (Å²) in [5.41, 5.74) is 7.84. The summed E-state index contributed by atoms with van der Waals surface area (Å²) < 4.78 is 12.8. The van der Waals surface area contributed by atoms with Gasteiger partial charge in [-0.2, -0.15) is 0 Å². The summed E-state index contributed by atoms with van der Waals surface area (Å²) in [6, 6.07) is 23.1. The maximum atomic E-state index is 9.66. The van der Waals surface area contributed by atoms with Gasteiger partial charge in [-0.3, -0.25) is 9.80 Å². The van der Waals surface area contributed by atoms with Gasteiger partial charge in [0.25, 0.3) is 0 Å². The first-order chi connectivity index (χ1) is 20.1. The normalized spacial score (nSPS) is 18.4. The van der Waals surface area contributed by atoms with Crippen molar-refractivity contribution in [2.75, 3.05) is 53.1 Å². The van der Waals surface area contributed by atoms with Crippen LogP contribution in [0.4, 0.5) is 0 Å². The molecule has 1 unspecified atom stereocenters. The van der Waals surface area contributed by atoms with Gasteiger partial charge in [0, 0.05) is 47.4 Å². The molecule has 3 aromatic carbocycles. The van der Waals surface area contributed by atoms with Crippen molar-refractivity contribution in [1.29, 1.82) is 0 Å². The molecule has 2 aliphatic rings. The fourth-order valence-electron chi connectivity index (χ4n) is 6.39. The number of benzene rings is 3. The molecule has 2 fully saturated rings. The third-order valence-corrected chi connectivity index (χ3v) is 10.0. The van der Waals surface area contributed by atoms with Crippen LogP contribution < -0.4 is 4.74 Å². The van der Waals surface area contributed by atoms with Gasteiger partial charge in [0.05, 0.1) is 26.9 Å². The first-order valence-electron chi connectivity index (χ1n) is 15.0. The van der Waals surface area contributed by atoms with Gasteiger partial charge in [-0.1, -0.05) is 48.5 Å². The second kappa shape index (κ2) is 13.1. The molecule has 6 rings (SSSR count). The molecule has 1 atom stereocenters. The molecule has 5 nitrogen and oxygen atoms in total. The number of thiophene rings is 1. The van der Waals surface area contributed by atoms with Gasteiger partial charge in [0.2, 0.25) is 0 Å². The van der Waals surface area contributed by atoms with Gasteiger partial charge >= 0.3 is 0 Å². The van der Waals surface area contributed by atoms with E-state index in [1.807, 2.05) is 11.3 Å². The Labute approximate surface area is 248 Å². The Kier molecular flexibility index (Phi) is 9.04. The molecule has 0 spiro atoms. The SMILES string of the molecule is COc1cc(Cc2c(-c3ccc(CCN4CCCC4CO)cc3)sc3cc(C)ccc23)ccc1CN1CCOCC1. The molecule has 6 heteroatoms. The van der Waals surface area contributed by atoms with E-state index in [-0.39, 0.29) is 6.61 Å². The van der Waals surface area contributed by atoms with Crippen molar-refractivity contribution < 1.29 is 14.6 Å². The van der Waals surface area contributed by atoms with E-state index < -0.39 is 0 Å². The van der Waals surface area contributed by atoms with Gasteiger partial charge in [-0.05, 0) is 84.5 Å². The highest BCUT2D eigenvalue weighted by Gasteiger charge is 2.23. The highest BCUT2D eigenvalue weighted by Crippen LogP contribution is 2.41. The first kappa shape index (κ1) is 28.4. The number of methoxy groups -OCH3 is 1. The van der Waals surface area contributed by atoms with E-state index in [0.29, 0.717) is 6.04 Å². The quantitative estimate of drug-likeness (QED) is 0.242. The fraction of sp³-hybridized carbons (Fsp3) is 0.429. The standard InChI is InChI=1S/C35H42N2O3S/c1-25-5-12-31-32(21-27-8-11-29(33(22-27)39-2)23-36-16-18-40-19-17-36)35(41-34(31)20-25)28-9-6-26(7-10-28)13-15-37-14-3-4-30(37)24-38/h5-12,20,22,30,38H,3-4,13-19,21,23-24H2,1-2H3. The van der Waals surface area contributed by atoms with Crippen molar-refractivity contribution in [3.63, 3.8) is 0 Å². The van der Waals surface area contributed by atoms with Crippen LogP contribution in [0.1, 0.15) is 40.7 Å². The van der Waals surface area contributed by atoms with E-state index in [0.717, 1.165) is 70.9 Å². The average Bonchev–Trinajstić information content (AvgIpc) is 3.61. The summed E-state index contributed by atoms with van der Waals surface area (Å²) in [5.74, 6) is 0.969. The van der Waals surface area contributed by atoms with Crippen LogP contribution in [0.3, 0.4) is 0 Å². The molecular weight excluding hydrogens is 528 g/mol. The van der Waals surface area contributed by atoms with Gasteiger partial charge in [-0.15, -0.1) is 11.3 Å². The number of fused-ring (bicyclic) bond motifs is 1. The monoisotopic (exact) mass is 570 g/mol. The summed E-state index contributed by atoms with van der Waals surface area (Å²) in [6.07, 6.45) is 4.20. The number of hydrogen-bond acceptors (Lipinski definition) is 6. The molecule has 41 heavy (non-hydrogen) atoms. The topological polar surface area (TPSA) is 45.2 Å². The Morgan fingerprint density at radius 3 is 2.56 bits per heavy atom. The molecule has 0 amide bonds. The fourth-order valence-corrected chi connectivity index (χ4v) is 7.72. The van der Waals surface area contributed by atoms with Crippen LogP contribution in [0.15, 0.2) is 60.7 Å². The van der Waals surface area contributed by atoms with Crippen molar-refractivity contribution in [2.45, 2.75) is 45.2 Å². The molecule has 1 N–H and O–H groups in total. The number of nitrogens with zero attached hydrogens (tertiary/aromatic N) is 2. The maximum absolute atomic E-state index is 9.66. The van der Waals surface area contributed by atoms with E-state index in [9.17, 15) is 5.11 Å². The molecule has 4 aromatic rings. The van der Waals surface area contributed by atoms with Crippen molar-refractivity contribution in [1.82, 2.24) is 9.80 Å². The van der Waals surface area contributed by atoms with E-state index in [2.05, 4.69) is 77.4 Å². The van der Waals surface area contributed by atoms with Crippen LogP contribution in [0, 0.1) is 6.92 Å². The summed E-state index contributed by atoms with van der Waals surface area (Å²) in [5, 5.41) is 11.0. The molecule has 0 radical (unpaired) electrons. The zero-order valence-corrected chi connectivity index (χ0v) is 25.2. The number of morpholine rings is 1. The molecule has 2 aliphatic heterocycles. The average molecular weight is 571 g/mol. The summed E-state index contributed by atoms with van der Waals surface area (Å²) >= 11 is 1.90. The molecule has 0 aliphatic carbocycles. The van der Waals surface area contributed by atoms with E-state index >= 15 is 0 Å². The minimum atomic E-state index is 0.273. The minimum Gasteiger partial charge on any atom is -0.496 e. The molecule has 3 heterocycles. The lowest BCUT2D eigenvalue weighted by atomic mass is 9.97. The number of rotatable bonds is 10. The highest BCUT2D eigenvalue weighted by atomic mass is 32.1. The van der Waals surface area contributed by atoms with Crippen molar-refractivity contribution in [3.05, 3.63) is 88.5 Å². The van der Waals surface area contributed by atoms with Crippen molar-refractivity contribution in [3.8, 4) is 16.2 Å². The summed E-state index contributed by atoms with van der Waals surface area (Å²) in [6.45, 7) is 9.00. The Morgan fingerprint density at radius 1 is 0.976 bits per heavy atom. The van der Waals surface area contributed by atoms with Crippen molar-refractivity contribution >= 4 is 21.4 Å². The van der Waals surface area contributed by atoms with Gasteiger partial charge in [-0.25, -0.2) is 0 Å². The predicted molar refractivity (Wildman–Crippen MR) is 169 cm³/mol. The largest absolute Gasteiger partial charge is 0.496 e. The molecule has 216 valence electrons. The van der Waals surface area contributed by atoms with Crippen LogP contribution in [-0.4, -0.2) is 74.1 Å². The van der Waals surface area contributed by atoms with Crippen LogP contribution in [0.2, 0.25) is 0 Å². The smallest absolute Gasteiger partial charge is 0.123 e. The van der Waals surface area contributed by atoms with Crippen LogP contribution in [0.5, 0.6) is 5.75 Å².